The summed E-state index contributed by atoms with van der Waals surface area (Å²) in [5.74, 6) is 3.04. The molecule has 0 saturated carbocycles. The monoisotopic (exact) mass is 316 g/mol. The third-order valence-electron chi connectivity index (χ3n) is 2.66. The standard InChI is InChI=1S/C11H17BrN4S/c1-3-13-10-9(12)11(15-7-14-10)16-4-5-17-8(2)6-16/h7-8H,3-6H2,1-2H3,(H,13,14,15). The van der Waals surface area contributed by atoms with Gasteiger partial charge < -0.3 is 10.2 Å². The molecule has 0 aromatic carbocycles. The summed E-state index contributed by atoms with van der Waals surface area (Å²) >= 11 is 5.62. The summed E-state index contributed by atoms with van der Waals surface area (Å²) in [6, 6.07) is 0. The van der Waals surface area contributed by atoms with E-state index in [0.717, 1.165) is 41.5 Å². The van der Waals surface area contributed by atoms with E-state index < -0.39 is 0 Å². The third-order valence-corrected chi connectivity index (χ3v) is 4.52. The van der Waals surface area contributed by atoms with Crippen LogP contribution in [0, 0.1) is 0 Å². The maximum Gasteiger partial charge on any atom is 0.148 e. The van der Waals surface area contributed by atoms with E-state index in [1.165, 1.54) is 0 Å². The number of hydrogen-bond donors (Lipinski definition) is 1. The molecule has 1 atom stereocenters. The molecule has 0 radical (unpaired) electrons. The van der Waals surface area contributed by atoms with Gasteiger partial charge in [0.15, 0.2) is 0 Å². The molecule has 2 heterocycles. The zero-order valence-electron chi connectivity index (χ0n) is 10.1. The Morgan fingerprint density at radius 3 is 3.12 bits per heavy atom. The molecule has 6 heteroatoms. The minimum Gasteiger partial charge on any atom is -0.369 e. The largest absolute Gasteiger partial charge is 0.369 e. The molecular weight excluding hydrogens is 300 g/mol. The first kappa shape index (κ1) is 13.0. The van der Waals surface area contributed by atoms with Crippen molar-refractivity contribution in [3.63, 3.8) is 0 Å². The smallest absolute Gasteiger partial charge is 0.148 e. The van der Waals surface area contributed by atoms with Crippen molar-refractivity contribution in [2.24, 2.45) is 0 Å². The predicted octanol–water partition coefficient (Wildman–Crippen LogP) is 2.61. The van der Waals surface area contributed by atoms with Crippen molar-refractivity contribution in [1.82, 2.24) is 9.97 Å². The Morgan fingerprint density at radius 2 is 2.41 bits per heavy atom. The number of anilines is 2. The molecule has 0 amide bonds. The molecule has 0 aliphatic carbocycles. The maximum atomic E-state index is 4.40. The minimum absolute atomic E-state index is 0.660. The number of aromatic nitrogens is 2. The Morgan fingerprint density at radius 1 is 1.59 bits per heavy atom. The van der Waals surface area contributed by atoms with Crippen LogP contribution in [0.25, 0.3) is 0 Å². The third kappa shape index (κ3) is 3.04. The van der Waals surface area contributed by atoms with Crippen LogP contribution in [0.15, 0.2) is 10.8 Å². The summed E-state index contributed by atoms with van der Waals surface area (Å²) < 4.78 is 0.973. The van der Waals surface area contributed by atoms with Gasteiger partial charge in [-0.05, 0) is 22.9 Å². The van der Waals surface area contributed by atoms with Gasteiger partial charge in [-0.15, -0.1) is 0 Å². The van der Waals surface area contributed by atoms with Crippen LogP contribution >= 0.6 is 27.7 Å². The Labute approximate surface area is 115 Å². The molecule has 17 heavy (non-hydrogen) atoms. The van der Waals surface area contributed by atoms with E-state index in [9.17, 15) is 0 Å². The first-order valence-corrected chi connectivity index (χ1v) is 7.67. The first-order valence-electron chi connectivity index (χ1n) is 5.83. The lowest BCUT2D eigenvalue weighted by molar-refractivity contribution is 0.766. The second kappa shape index (κ2) is 5.91. The molecule has 0 spiro atoms. The molecule has 1 aromatic heterocycles. The quantitative estimate of drug-likeness (QED) is 0.928. The average molecular weight is 317 g/mol. The van der Waals surface area contributed by atoms with E-state index >= 15 is 0 Å². The van der Waals surface area contributed by atoms with Gasteiger partial charge >= 0.3 is 0 Å². The van der Waals surface area contributed by atoms with E-state index in [1.54, 1.807) is 6.33 Å². The first-order chi connectivity index (χ1) is 8.22. The molecule has 1 aliphatic heterocycles. The molecule has 1 fully saturated rings. The minimum atomic E-state index is 0.660. The fourth-order valence-electron chi connectivity index (χ4n) is 1.88. The normalized spacial score (nSPS) is 20.4. The fraction of sp³-hybridized carbons (Fsp3) is 0.636. The van der Waals surface area contributed by atoms with Gasteiger partial charge in [0.25, 0.3) is 0 Å². The average Bonchev–Trinajstić information content (AvgIpc) is 2.32. The van der Waals surface area contributed by atoms with Gasteiger partial charge in [-0.3, -0.25) is 0 Å². The highest BCUT2D eigenvalue weighted by Gasteiger charge is 2.21. The molecule has 94 valence electrons. The molecule has 1 saturated heterocycles. The lowest BCUT2D eigenvalue weighted by Crippen LogP contribution is -2.37. The van der Waals surface area contributed by atoms with Crippen LogP contribution < -0.4 is 10.2 Å². The summed E-state index contributed by atoms with van der Waals surface area (Å²) in [5.41, 5.74) is 0. The lowest BCUT2D eigenvalue weighted by atomic mass is 10.3. The maximum absolute atomic E-state index is 4.40. The van der Waals surface area contributed by atoms with Crippen molar-refractivity contribution in [3.8, 4) is 0 Å². The van der Waals surface area contributed by atoms with Crippen LogP contribution in [0.2, 0.25) is 0 Å². The summed E-state index contributed by atoms with van der Waals surface area (Å²) in [6.07, 6.45) is 1.63. The van der Waals surface area contributed by atoms with Crippen LogP contribution in [0.5, 0.6) is 0 Å². The predicted molar refractivity (Wildman–Crippen MR) is 78.0 cm³/mol. The van der Waals surface area contributed by atoms with Gasteiger partial charge in [0.05, 0.1) is 0 Å². The number of halogens is 1. The van der Waals surface area contributed by atoms with Gasteiger partial charge in [-0.1, -0.05) is 6.92 Å². The highest BCUT2D eigenvalue weighted by molar-refractivity contribution is 9.10. The Bertz CT molecular complexity index is 388. The van der Waals surface area contributed by atoms with E-state index in [-0.39, 0.29) is 0 Å². The van der Waals surface area contributed by atoms with E-state index in [2.05, 4.69) is 50.0 Å². The van der Waals surface area contributed by atoms with Crippen molar-refractivity contribution < 1.29 is 0 Å². The van der Waals surface area contributed by atoms with E-state index in [1.807, 2.05) is 11.8 Å². The Kier molecular flexibility index (Phi) is 4.50. The van der Waals surface area contributed by atoms with Gasteiger partial charge in [-0.25, -0.2) is 9.97 Å². The fourth-order valence-corrected chi connectivity index (χ4v) is 3.49. The van der Waals surface area contributed by atoms with E-state index in [4.69, 9.17) is 0 Å². The van der Waals surface area contributed by atoms with Crippen molar-refractivity contribution in [2.75, 3.05) is 35.6 Å². The van der Waals surface area contributed by atoms with Crippen molar-refractivity contribution in [1.29, 1.82) is 0 Å². The van der Waals surface area contributed by atoms with Crippen LogP contribution in [-0.4, -0.2) is 40.6 Å². The Hall–Kier alpha value is -0.490. The highest BCUT2D eigenvalue weighted by Crippen LogP contribution is 2.31. The molecule has 1 aromatic rings. The topological polar surface area (TPSA) is 41.1 Å². The molecule has 2 rings (SSSR count). The van der Waals surface area contributed by atoms with Gasteiger partial charge in [-0.2, -0.15) is 11.8 Å². The molecule has 0 bridgehead atoms. The highest BCUT2D eigenvalue weighted by atomic mass is 79.9. The van der Waals surface area contributed by atoms with Crippen LogP contribution in [0.3, 0.4) is 0 Å². The molecule has 1 aliphatic rings. The number of thioether (sulfide) groups is 1. The molecule has 1 N–H and O–H groups in total. The van der Waals surface area contributed by atoms with Crippen LogP contribution in [0.1, 0.15) is 13.8 Å². The van der Waals surface area contributed by atoms with E-state index in [0.29, 0.717) is 5.25 Å². The second-order valence-corrected chi connectivity index (χ2v) is 6.36. The van der Waals surface area contributed by atoms with Gasteiger partial charge in [0.2, 0.25) is 0 Å². The Balaban J connectivity index is 2.22. The second-order valence-electron chi connectivity index (χ2n) is 4.02. The summed E-state index contributed by atoms with van der Waals surface area (Å²) in [7, 11) is 0. The van der Waals surface area contributed by atoms with Crippen molar-refractivity contribution >= 4 is 39.3 Å². The molecule has 1 unspecified atom stereocenters. The lowest BCUT2D eigenvalue weighted by Gasteiger charge is -2.32. The SMILES string of the molecule is CCNc1ncnc(N2CCSC(C)C2)c1Br. The van der Waals surface area contributed by atoms with Crippen LogP contribution in [-0.2, 0) is 0 Å². The summed E-state index contributed by atoms with van der Waals surface area (Å²) in [5, 5.41) is 3.90. The summed E-state index contributed by atoms with van der Waals surface area (Å²) in [4.78, 5) is 11.0. The molecule has 4 nitrogen and oxygen atoms in total. The number of rotatable bonds is 3. The van der Waals surface area contributed by atoms with Crippen LogP contribution in [0.4, 0.5) is 11.6 Å². The zero-order valence-corrected chi connectivity index (χ0v) is 12.5. The number of nitrogens with zero attached hydrogens (tertiary/aromatic N) is 3. The van der Waals surface area contributed by atoms with Crippen molar-refractivity contribution in [2.45, 2.75) is 19.1 Å². The van der Waals surface area contributed by atoms with Crippen molar-refractivity contribution in [3.05, 3.63) is 10.8 Å². The van der Waals surface area contributed by atoms with Gasteiger partial charge in [0, 0.05) is 30.6 Å². The molecular formula is C11H17BrN4S. The number of hydrogen-bond acceptors (Lipinski definition) is 5. The van der Waals surface area contributed by atoms with Gasteiger partial charge in [0.1, 0.15) is 22.4 Å². The zero-order chi connectivity index (χ0) is 12.3. The summed E-state index contributed by atoms with van der Waals surface area (Å²) in [6.45, 7) is 7.29. The number of nitrogens with one attached hydrogen (secondary N) is 1.